The molecule has 1 nitrogen and oxygen atoms in total. The largest absolute Gasteiger partial charge is 0.218 e. The number of hydrogen-bond acceptors (Lipinski definition) is 1. The third-order valence-corrected chi connectivity index (χ3v) is 1.83. The van der Waals surface area contributed by atoms with Crippen molar-refractivity contribution in [1.82, 2.24) is 4.98 Å². The number of aromatic nitrogens is 1. The number of halogens is 2. The normalized spacial score (nSPS) is 11.8. The van der Waals surface area contributed by atoms with Crippen molar-refractivity contribution in [3.05, 3.63) is 28.8 Å². The maximum absolute atomic E-state index is 13.2. The molecule has 0 N–H and O–H groups in total. The van der Waals surface area contributed by atoms with Gasteiger partial charge < -0.3 is 0 Å². The second kappa shape index (κ2) is 3.02. The molecule has 66 valence electrons. The van der Waals surface area contributed by atoms with Gasteiger partial charge in [0.05, 0.1) is 0 Å². The summed E-state index contributed by atoms with van der Waals surface area (Å²) in [7, 11) is 0. The summed E-state index contributed by atoms with van der Waals surface area (Å²) in [6, 6.07) is 3.27. The Bertz CT molecular complexity index is 291. The number of hydrogen-bond donors (Lipinski definition) is 0. The SMILES string of the molecule is CC(C)(C)c1ccc(Cl)nc1F. The first-order valence-corrected chi connectivity index (χ1v) is 4.11. The van der Waals surface area contributed by atoms with Crippen LogP contribution in [0.1, 0.15) is 26.3 Å². The molecule has 1 aromatic rings. The Labute approximate surface area is 76.6 Å². The molecule has 0 saturated heterocycles. The van der Waals surface area contributed by atoms with Crippen LogP contribution in [-0.2, 0) is 5.41 Å². The van der Waals surface area contributed by atoms with Gasteiger partial charge in [-0.1, -0.05) is 38.4 Å². The van der Waals surface area contributed by atoms with Crippen molar-refractivity contribution >= 4 is 11.6 Å². The predicted molar refractivity (Wildman–Crippen MR) is 47.9 cm³/mol. The Balaban J connectivity index is 3.19. The van der Waals surface area contributed by atoms with E-state index in [2.05, 4.69) is 4.98 Å². The molecule has 0 amide bonds. The summed E-state index contributed by atoms with van der Waals surface area (Å²) < 4.78 is 13.2. The van der Waals surface area contributed by atoms with Gasteiger partial charge in [0.15, 0.2) is 0 Å². The number of pyridine rings is 1. The monoisotopic (exact) mass is 187 g/mol. The minimum atomic E-state index is -0.477. The fraction of sp³-hybridized carbons (Fsp3) is 0.444. The molecule has 1 rings (SSSR count). The first kappa shape index (κ1) is 9.46. The lowest BCUT2D eigenvalue weighted by atomic mass is 9.88. The summed E-state index contributed by atoms with van der Waals surface area (Å²) in [6.07, 6.45) is 0. The van der Waals surface area contributed by atoms with E-state index in [9.17, 15) is 4.39 Å². The van der Waals surface area contributed by atoms with E-state index in [-0.39, 0.29) is 10.6 Å². The van der Waals surface area contributed by atoms with E-state index < -0.39 is 5.95 Å². The fourth-order valence-corrected chi connectivity index (χ4v) is 1.11. The average Bonchev–Trinajstić information content (AvgIpc) is 1.83. The van der Waals surface area contributed by atoms with Crippen LogP contribution < -0.4 is 0 Å². The fourth-order valence-electron chi connectivity index (χ4n) is 0.972. The van der Waals surface area contributed by atoms with Crippen LogP contribution in [0.4, 0.5) is 4.39 Å². The molecule has 0 radical (unpaired) electrons. The highest BCUT2D eigenvalue weighted by Crippen LogP contribution is 2.24. The van der Waals surface area contributed by atoms with Gasteiger partial charge in [0.1, 0.15) is 5.15 Å². The molecule has 0 aromatic carbocycles. The molecule has 0 saturated carbocycles. The zero-order valence-electron chi connectivity index (χ0n) is 7.36. The zero-order valence-corrected chi connectivity index (χ0v) is 8.11. The molecule has 0 aliphatic carbocycles. The smallest absolute Gasteiger partial charge is 0.208 e. The van der Waals surface area contributed by atoms with Crippen molar-refractivity contribution in [1.29, 1.82) is 0 Å². The minimum Gasteiger partial charge on any atom is -0.208 e. The molecule has 0 unspecified atom stereocenters. The van der Waals surface area contributed by atoms with Crippen LogP contribution >= 0.6 is 11.6 Å². The highest BCUT2D eigenvalue weighted by molar-refractivity contribution is 6.29. The van der Waals surface area contributed by atoms with Crippen LogP contribution in [0.15, 0.2) is 12.1 Å². The summed E-state index contributed by atoms with van der Waals surface area (Å²) in [5.41, 5.74) is 0.369. The molecule has 0 spiro atoms. The maximum atomic E-state index is 13.2. The first-order chi connectivity index (χ1) is 5.41. The summed E-state index contributed by atoms with van der Waals surface area (Å²) in [6.45, 7) is 5.79. The summed E-state index contributed by atoms with van der Waals surface area (Å²) in [5.74, 6) is -0.477. The van der Waals surface area contributed by atoms with Crippen molar-refractivity contribution in [2.45, 2.75) is 26.2 Å². The van der Waals surface area contributed by atoms with Gasteiger partial charge in [-0.2, -0.15) is 4.39 Å². The standard InChI is InChI=1S/C9H11ClFN/c1-9(2,3)6-4-5-7(10)12-8(6)11/h4-5H,1-3H3. The molecular formula is C9H11ClFN. The van der Waals surface area contributed by atoms with Crippen molar-refractivity contribution in [3.63, 3.8) is 0 Å². The van der Waals surface area contributed by atoms with Gasteiger partial charge in [-0.25, -0.2) is 4.98 Å². The maximum Gasteiger partial charge on any atom is 0.218 e. The second-order valence-electron chi connectivity index (χ2n) is 3.72. The van der Waals surface area contributed by atoms with Crippen LogP contribution in [0.2, 0.25) is 5.15 Å². The van der Waals surface area contributed by atoms with E-state index in [4.69, 9.17) is 11.6 Å². The lowest BCUT2D eigenvalue weighted by molar-refractivity contribution is 0.499. The molecule has 0 fully saturated rings. The Morgan fingerprint density at radius 2 is 1.92 bits per heavy atom. The van der Waals surface area contributed by atoms with Gasteiger partial charge >= 0.3 is 0 Å². The minimum absolute atomic E-state index is 0.195. The third-order valence-electron chi connectivity index (χ3n) is 1.62. The van der Waals surface area contributed by atoms with Crippen molar-refractivity contribution in [2.75, 3.05) is 0 Å². The van der Waals surface area contributed by atoms with Crippen molar-refractivity contribution in [2.24, 2.45) is 0 Å². The third kappa shape index (κ3) is 1.95. The molecule has 1 heterocycles. The molecule has 0 atom stereocenters. The quantitative estimate of drug-likeness (QED) is 0.569. The van der Waals surface area contributed by atoms with E-state index in [1.54, 1.807) is 12.1 Å². The van der Waals surface area contributed by atoms with Gasteiger partial charge in [0.25, 0.3) is 0 Å². The molecule has 3 heteroatoms. The Morgan fingerprint density at radius 3 is 2.33 bits per heavy atom. The molecule has 0 aliphatic heterocycles. The van der Waals surface area contributed by atoms with Crippen molar-refractivity contribution < 1.29 is 4.39 Å². The van der Waals surface area contributed by atoms with E-state index in [0.717, 1.165) is 0 Å². The Kier molecular flexibility index (Phi) is 2.38. The average molecular weight is 188 g/mol. The highest BCUT2D eigenvalue weighted by Gasteiger charge is 2.18. The van der Waals surface area contributed by atoms with E-state index >= 15 is 0 Å². The lowest BCUT2D eigenvalue weighted by Crippen LogP contribution is -2.14. The first-order valence-electron chi connectivity index (χ1n) is 3.74. The molecule has 1 aromatic heterocycles. The van der Waals surface area contributed by atoms with Gasteiger partial charge in [-0.05, 0) is 11.5 Å². The summed E-state index contributed by atoms with van der Waals surface area (Å²) >= 11 is 5.52. The second-order valence-corrected chi connectivity index (χ2v) is 4.11. The van der Waals surface area contributed by atoms with E-state index in [1.165, 1.54) is 0 Å². The molecule has 12 heavy (non-hydrogen) atoms. The summed E-state index contributed by atoms with van der Waals surface area (Å²) in [5, 5.41) is 0.195. The zero-order chi connectivity index (χ0) is 9.35. The Morgan fingerprint density at radius 1 is 1.33 bits per heavy atom. The summed E-state index contributed by atoms with van der Waals surface area (Å²) in [4.78, 5) is 3.54. The van der Waals surface area contributed by atoms with Gasteiger partial charge in [-0.15, -0.1) is 0 Å². The van der Waals surface area contributed by atoms with Crippen LogP contribution in [-0.4, -0.2) is 4.98 Å². The van der Waals surface area contributed by atoms with Crippen LogP contribution in [0.3, 0.4) is 0 Å². The lowest BCUT2D eigenvalue weighted by Gasteiger charge is -2.18. The topological polar surface area (TPSA) is 12.9 Å². The number of nitrogens with zero attached hydrogens (tertiary/aromatic N) is 1. The number of rotatable bonds is 0. The van der Waals surface area contributed by atoms with E-state index in [0.29, 0.717) is 5.56 Å². The molecular weight excluding hydrogens is 177 g/mol. The van der Waals surface area contributed by atoms with Gasteiger partial charge in [0.2, 0.25) is 5.95 Å². The van der Waals surface area contributed by atoms with Crippen LogP contribution in [0.25, 0.3) is 0 Å². The highest BCUT2D eigenvalue weighted by atomic mass is 35.5. The van der Waals surface area contributed by atoms with Gasteiger partial charge in [0, 0.05) is 5.56 Å². The van der Waals surface area contributed by atoms with E-state index in [1.807, 2.05) is 20.8 Å². The van der Waals surface area contributed by atoms with Crippen molar-refractivity contribution in [3.8, 4) is 0 Å². The molecule has 0 aliphatic rings. The van der Waals surface area contributed by atoms with Crippen LogP contribution in [0, 0.1) is 5.95 Å². The van der Waals surface area contributed by atoms with Gasteiger partial charge in [-0.3, -0.25) is 0 Å². The molecule has 0 bridgehead atoms. The van der Waals surface area contributed by atoms with Crippen LogP contribution in [0.5, 0.6) is 0 Å². The Hall–Kier alpha value is -0.630. The predicted octanol–water partition coefficient (Wildman–Crippen LogP) is 3.17.